The van der Waals surface area contributed by atoms with Crippen LogP contribution in [0, 0.1) is 0 Å². The van der Waals surface area contributed by atoms with Gasteiger partial charge in [-0.05, 0) is 49.9 Å². The first kappa shape index (κ1) is 17.8. The highest BCUT2D eigenvalue weighted by atomic mass is 32.2. The van der Waals surface area contributed by atoms with Crippen molar-refractivity contribution in [2.75, 3.05) is 26.2 Å². The van der Waals surface area contributed by atoms with E-state index in [-0.39, 0.29) is 16.7 Å². The zero-order valence-corrected chi connectivity index (χ0v) is 16.3. The van der Waals surface area contributed by atoms with Gasteiger partial charge in [0.15, 0.2) is 5.82 Å². The van der Waals surface area contributed by atoms with Crippen LogP contribution in [0.1, 0.15) is 59.6 Å². The fourth-order valence-electron chi connectivity index (χ4n) is 3.75. The lowest BCUT2D eigenvalue weighted by molar-refractivity contribution is 0.0569. The molecule has 9 heteroatoms. The van der Waals surface area contributed by atoms with Gasteiger partial charge in [-0.2, -0.15) is 9.29 Å². The Morgan fingerprint density at radius 2 is 1.71 bits per heavy atom. The number of rotatable bonds is 5. The van der Waals surface area contributed by atoms with Crippen molar-refractivity contribution in [2.24, 2.45) is 0 Å². The van der Waals surface area contributed by atoms with Gasteiger partial charge in [-0.3, -0.25) is 4.79 Å². The van der Waals surface area contributed by atoms with Crippen LogP contribution in [0.2, 0.25) is 0 Å². The van der Waals surface area contributed by atoms with E-state index in [0.29, 0.717) is 43.6 Å². The van der Waals surface area contributed by atoms with Crippen LogP contribution in [0.3, 0.4) is 0 Å². The molecule has 0 spiro atoms. The SMILES string of the molecule is O=C(c1ccc(S(=O)(=O)N2CCCC2)cc1)N1CC(c2nc(C3CC3)no2)C1. The molecule has 0 radical (unpaired) electrons. The molecule has 8 nitrogen and oxygen atoms in total. The van der Waals surface area contributed by atoms with E-state index in [4.69, 9.17) is 4.52 Å². The third-order valence-corrected chi connectivity index (χ3v) is 7.63. The molecule has 2 saturated heterocycles. The number of hydrogen-bond donors (Lipinski definition) is 0. The zero-order chi connectivity index (χ0) is 19.3. The van der Waals surface area contributed by atoms with E-state index < -0.39 is 10.0 Å². The van der Waals surface area contributed by atoms with Crippen LogP contribution in [-0.2, 0) is 10.0 Å². The maximum Gasteiger partial charge on any atom is 0.253 e. The summed E-state index contributed by atoms with van der Waals surface area (Å²) < 4.78 is 32.0. The Morgan fingerprint density at radius 1 is 1.04 bits per heavy atom. The molecule has 1 aromatic heterocycles. The summed E-state index contributed by atoms with van der Waals surface area (Å²) in [7, 11) is -3.46. The zero-order valence-electron chi connectivity index (χ0n) is 15.5. The molecule has 1 aliphatic carbocycles. The number of aromatic nitrogens is 2. The molecule has 1 saturated carbocycles. The monoisotopic (exact) mass is 402 g/mol. The fourth-order valence-corrected chi connectivity index (χ4v) is 5.27. The number of carbonyl (C=O) groups is 1. The van der Waals surface area contributed by atoms with Gasteiger partial charge in [-0.15, -0.1) is 0 Å². The molecule has 1 aromatic carbocycles. The molecule has 28 heavy (non-hydrogen) atoms. The van der Waals surface area contributed by atoms with Gasteiger partial charge in [-0.1, -0.05) is 5.16 Å². The molecule has 0 atom stereocenters. The maximum atomic E-state index is 12.6. The number of likely N-dealkylation sites (tertiary alicyclic amines) is 1. The Labute approximate surface area is 163 Å². The summed E-state index contributed by atoms with van der Waals surface area (Å²) in [6.45, 7) is 2.21. The van der Waals surface area contributed by atoms with Crippen molar-refractivity contribution in [1.29, 1.82) is 0 Å². The predicted octanol–water partition coefficient (Wildman–Crippen LogP) is 1.97. The Kier molecular flexibility index (Phi) is 4.24. The lowest BCUT2D eigenvalue weighted by atomic mass is 9.99. The molecule has 2 aliphatic heterocycles. The van der Waals surface area contributed by atoms with E-state index >= 15 is 0 Å². The van der Waals surface area contributed by atoms with Crippen LogP contribution in [0.4, 0.5) is 0 Å². The predicted molar refractivity (Wildman–Crippen MR) is 99.4 cm³/mol. The summed E-state index contributed by atoms with van der Waals surface area (Å²) >= 11 is 0. The Hall–Kier alpha value is -2.26. The summed E-state index contributed by atoms with van der Waals surface area (Å²) in [6.07, 6.45) is 4.04. The van der Waals surface area contributed by atoms with Crippen molar-refractivity contribution in [3.05, 3.63) is 41.5 Å². The molecule has 0 unspecified atom stereocenters. The van der Waals surface area contributed by atoms with Gasteiger partial charge < -0.3 is 9.42 Å². The largest absolute Gasteiger partial charge is 0.339 e. The highest BCUT2D eigenvalue weighted by Crippen LogP contribution is 2.39. The molecule has 3 aliphatic rings. The van der Waals surface area contributed by atoms with Gasteiger partial charge in [0.2, 0.25) is 15.9 Å². The van der Waals surface area contributed by atoms with Crippen LogP contribution in [0.15, 0.2) is 33.7 Å². The van der Waals surface area contributed by atoms with Crippen LogP contribution in [-0.4, -0.2) is 59.8 Å². The highest BCUT2D eigenvalue weighted by Gasteiger charge is 2.37. The number of benzene rings is 1. The molecule has 2 aromatic rings. The molecule has 0 N–H and O–H groups in total. The molecular formula is C19H22N4O4S. The third kappa shape index (κ3) is 3.12. The molecule has 3 fully saturated rings. The smallest absolute Gasteiger partial charge is 0.253 e. The second kappa shape index (κ2) is 6.66. The van der Waals surface area contributed by atoms with Crippen LogP contribution in [0.5, 0.6) is 0 Å². The second-order valence-electron chi connectivity index (χ2n) is 7.81. The first-order chi connectivity index (χ1) is 13.5. The van der Waals surface area contributed by atoms with E-state index in [0.717, 1.165) is 31.5 Å². The molecule has 5 rings (SSSR count). The Bertz CT molecular complexity index is 985. The lowest BCUT2D eigenvalue weighted by Crippen LogP contribution is -2.48. The first-order valence-electron chi connectivity index (χ1n) is 9.75. The van der Waals surface area contributed by atoms with Crippen molar-refractivity contribution < 1.29 is 17.7 Å². The van der Waals surface area contributed by atoms with Crippen molar-refractivity contribution in [3.63, 3.8) is 0 Å². The van der Waals surface area contributed by atoms with Gasteiger partial charge in [0.25, 0.3) is 5.91 Å². The van der Waals surface area contributed by atoms with E-state index in [1.807, 2.05) is 0 Å². The van der Waals surface area contributed by atoms with Gasteiger partial charge in [0.1, 0.15) is 0 Å². The molecule has 1 amide bonds. The van der Waals surface area contributed by atoms with Crippen molar-refractivity contribution >= 4 is 15.9 Å². The summed E-state index contributed by atoms with van der Waals surface area (Å²) in [5.74, 6) is 1.82. The van der Waals surface area contributed by atoms with Gasteiger partial charge >= 0.3 is 0 Å². The van der Waals surface area contributed by atoms with E-state index in [1.165, 1.54) is 16.4 Å². The Balaban J connectivity index is 1.22. The maximum absolute atomic E-state index is 12.6. The van der Waals surface area contributed by atoms with Gasteiger partial charge in [0.05, 0.1) is 10.8 Å². The summed E-state index contributed by atoms with van der Waals surface area (Å²) in [4.78, 5) is 19.1. The number of hydrogen-bond acceptors (Lipinski definition) is 6. The van der Waals surface area contributed by atoms with E-state index in [1.54, 1.807) is 17.0 Å². The average Bonchev–Trinajstić information content (AvgIpc) is 3.16. The van der Waals surface area contributed by atoms with E-state index in [2.05, 4.69) is 10.1 Å². The standard InChI is InChI=1S/C19H22N4O4S/c24-19(22-11-15(12-22)18-20-17(21-27-18)13-3-4-13)14-5-7-16(8-6-14)28(25,26)23-9-1-2-10-23/h5-8,13,15H,1-4,9-12H2. The fraction of sp³-hybridized carbons (Fsp3) is 0.526. The normalized spacial score (nSPS) is 21.1. The topological polar surface area (TPSA) is 96.6 Å². The lowest BCUT2D eigenvalue weighted by Gasteiger charge is -2.37. The minimum absolute atomic E-state index is 0.0822. The number of nitrogens with zero attached hydrogens (tertiary/aromatic N) is 4. The summed E-state index contributed by atoms with van der Waals surface area (Å²) in [6, 6.07) is 6.24. The molecule has 3 heterocycles. The van der Waals surface area contributed by atoms with Crippen LogP contribution < -0.4 is 0 Å². The Morgan fingerprint density at radius 3 is 2.36 bits per heavy atom. The van der Waals surface area contributed by atoms with Crippen molar-refractivity contribution in [3.8, 4) is 0 Å². The molecular weight excluding hydrogens is 380 g/mol. The van der Waals surface area contributed by atoms with Crippen molar-refractivity contribution in [2.45, 2.75) is 42.4 Å². The highest BCUT2D eigenvalue weighted by molar-refractivity contribution is 7.89. The molecule has 148 valence electrons. The minimum atomic E-state index is -3.46. The molecule has 0 bridgehead atoms. The third-order valence-electron chi connectivity index (χ3n) is 5.72. The first-order valence-corrected chi connectivity index (χ1v) is 11.2. The summed E-state index contributed by atoms with van der Waals surface area (Å²) in [5, 5.41) is 4.02. The number of carbonyl (C=O) groups excluding carboxylic acids is 1. The minimum Gasteiger partial charge on any atom is -0.339 e. The van der Waals surface area contributed by atoms with Crippen molar-refractivity contribution in [1.82, 2.24) is 19.3 Å². The quantitative estimate of drug-likeness (QED) is 0.759. The van der Waals surface area contributed by atoms with Crippen LogP contribution >= 0.6 is 0 Å². The second-order valence-corrected chi connectivity index (χ2v) is 9.75. The number of amides is 1. The van der Waals surface area contributed by atoms with Gasteiger partial charge in [-0.25, -0.2) is 8.42 Å². The average molecular weight is 402 g/mol. The van der Waals surface area contributed by atoms with Crippen LogP contribution in [0.25, 0.3) is 0 Å². The van der Waals surface area contributed by atoms with E-state index in [9.17, 15) is 13.2 Å². The summed E-state index contributed by atoms with van der Waals surface area (Å²) in [5.41, 5.74) is 0.489. The van der Waals surface area contributed by atoms with Gasteiger partial charge in [0, 0.05) is 37.7 Å². The number of sulfonamides is 1.